The van der Waals surface area contributed by atoms with Gasteiger partial charge in [-0.1, -0.05) is 51.1 Å². The second-order valence-electron chi connectivity index (χ2n) is 4.43. The van der Waals surface area contributed by atoms with Gasteiger partial charge in [-0.3, -0.25) is 4.79 Å². The van der Waals surface area contributed by atoms with Crippen LogP contribution >= 0.6 is 0 Å². The van der Waals surface area contributed by atoms with Crippen LogP contribution in [0.4, 0.5) is 0 Å². The first-order valence-electron chi connectivity index (χ1n) is 5.84. The number of rotatable bonds is 5. The lowest BCUT2D eigenvalue weighted by atomic mass is 9.85. The largest absolute Gasteiger partial charge is 0.388 e. The number of ketones is 1. The van der Waals surface area contributed by atoms with Crippen LogP contribution in [0.15, 0.2) is 30.3 Å². The van der Waals surface area contributed by atoms with Crippen molar-refractivity contribution in [2.24, 2.45) is 11.8 Å². The Morgan fingerprint density at radius 3 is 2.25 bits per heavy atom. The van der Waals surface area contributed by atoms with Crippen LogP contribution in [0, 0.1) is 11.8 Å². The van der Waals surface area contributed by atoms with E-state index in [1.165, 1.54) is 0 Å². The van der Waals surface area contributed by atoms with Crippen molar-refractivity contribution in [1.29, 1.82) is 0 Å². The molecule has 88 valence electrons. The van der Waals surface area contributed by atoms with Gasteiger partial charge in [-0.15, -0.1) is 0 Å². The average Bonchev–Trinajstić information content (AvgIpc) is 2.30. The number of Topliss-reactive ketones (excluding diaryl/α,β-unsaturated/α-hetero) is 1. The fourth-order valence-electron chi connectivity index (χ4n) is 1.89. The Morgan fingerprint density at radius 2 is 1.81 bits per heavy atom. The summed E-state index contributed by atoms with van der Waals surface area (Å²) in [6.45, 7) is 5.70. The second kappa shape index (κ2) is 5.80. The molecule has 1 rings (SSSR count). The van der Waals surface area contributed by atoms with Crippen LogP contribution in [-0.2, 0) is 4.79 Å². The van der Waals surface area contributed by atoms with Gasteiger partial charge in [0.05, 0.1) is 6.10 Å². The molecule has 0 saturated heterocycles. The minimum absolute atomic E-state index is 0.0247. The zero-order valence-corrected chi connectivity index (χ0v) is 10.2. The summed E-state index contributed by atoms with van der Waals surface area (Å²) in [4.78, 5) is 11.9. The highest BCUT2D eigenvalue weighted by molar-refractivity contribution is 5.83. The van der Waals surface area contributed by atoms with Gasteiger partial charge < -0.3 is 5.11 Å². The Bertz CT molecular complexity index is 330. The number of hydrogen-bond acceptors (Lipinski definition) is 2. The van der Waals surface area contributed by atoms with Gasteiger partial charge in [0.2, 0.25) is 0 Å². The Morgan fingerprint density at radius 1 is 1.25 bits per heavy atom. The fourth-order valence-corrected chi connectivity index (χ4v) is 1.89. The van der Waals surface area contributed by atoms with Gasteiger partial charge in [-0.05, 0) is 12.0 Å². The summed E-state index contributed by atoms with van der Waals surface area (Å²) >= 11 is 0. The molecule has 0 heterocycles. The third-order valence-corrected chi connectivity index (χ3v) is 2.90. The highest BCUT2D eigenvalue weighted by Gasteiger charge is 2.27. The van der Waals surface area contributed by atoms with Crippen molar-refractivity contribution >= 4 is 5.78 Å². The summed E-state index contributed by atoms with van der Waals surface area (Å²) in [5.41, 5.74) is 0.823. The van der Waals surface area contributed by atoms with Crippen LogP contribution in [0.5, 0.6) is 0 Å². The highest BCUT2D eigenvalue weighted by atomic mass is 16.3. The van der Waals surface area contributed by atoms with E-state index < -0.39 is 6.10 Å². The summed E-state index contributed by atoms with van der Waals surface area (Å²) < 4.78 is 0. The van der Waals surface area contributed by atoms with Gasteiger partial charge in [0.15, 0.2) is 0 Å². The summed E-state index contributed by atoms with van der Waals surface area (Å²) in [6.07, 6.45) is -0.00585. The van der Waals surface area contributed by atoms with Crippen molar-refractivity contribution in [1.82, 2.24) is 0 Å². The van der Waals surface area contributed by atoms with Crippen LogP contribution in [-0.4, -0.2) is 10.9 Å². The van der Waals surface area contributed by atoms with E-state index >= 15 is 0 Å². The van der Waals surface area contributed by atoms with E-state index in [2.05, 4.69) is 0 Å². The molecule has 16 heavy (non-hydrogen) atoms. The zero-order chi connectivity index (χ0) is 12.1. The lowest BCUT2D eigenvalue weighted by molar-refractivity contribution is -0.129. The van der Waals surface area contributed by atoms with Crippen molar-refractivity contribution in [2.45, 2.75) is 33.3 Å². The molecule has 0 aliphatic carbocycles. The number of aliphatic hydroxyl groups excluding tert-OH is 1. The van der Waals surface area contributed by atoms with Crippen molar-refractivity contribution < 1.29 is 9.90 Å². The zero-order valence-electron chi connectivity index (χ0n) is 10.2. The lowest BCUT2D eigenvalue weighted by Crippen LogP contribution is -2.25. The van der Waals surface area contributed by atoms with Crippen LogP contribution in [0.25, 0.3) is 0 Å². The van der Waals surface area contributed by atoms with Gasteiger partial charge in [-0.2, -0.15) is 0 Å². The van der Waals surface area contributed by atoms with Crippen LogP contribution in [0.2, 0.25) is 0 Å². The Balaban J connectivity index is 2.86. The third kappa shape index (κ3) is 2.92. The van der Waals surface area contributed by atoms with E-state index in [9.17, 15) is 9.90 Å². The molecule has 2 nitrogen and oxygen atoms in total. The Hall–Kier alpha value is -1.15. The molecule has 0 fully saturated rings. The summed E-state index contributed by atoms with van der Waals surface area (Å²) in [7, 11) is 0. The summed E-state index contributed by atoms with van der Waals surface area (Å²) in [6, 6.07) is 9.39. The number of hydrogen-bond donors (Lipinski definition) is 1. The first-order valence-corrected chi connectivity index (χ1v) is 5.84. The smallest absolute Gasteiger partial charge is 0.141 e. The molecule has 1 N–H and O–H groups in total. The predicted molar refractivity (Wildman–Crippen MR) is 65.0 cm³/mol. The highest BCUT2D eigenvalue weighted by Crippen LogP contribution is 2.27. The average molecular weight is 220 g/mol. The molecule has 0 aromatic heterocycles. The first-order chi connectivity index (χ1) is 7.57. The molecule has 2 atom stereocenters. The standard InChI is InChI=1S/C14H20O2/c1-4-12(13(15)10(2)3)14(16)11-8-6-5-7-9-11/h5-10,12,14,16H,4H2,1-3H3/t12-,14+/m1/s1. The van der Waals surface area contributed by atoms with E-state index in [0.717, 1.165) is 5.56 Å². The van der Waals surface area contributed by atoms with Crippen LogP contribution in [0.3, 0.4) is 0 Å². The van der Waals surface area contributed by atoms with Crippen molar-refractivity contribution in [3.8, 4) is 0 Å². The van der Waals surface area contributed by atoms with E-state index in [0.29, 0.717) is 6.42 Å². The van der Waals surface area contributed by atoms with Gasteiger partial charge in [0, 0.05) is 11.8 Å². The number of carbonyl (C=O) groups excluding carboxylic acids is 1. The molecule has 0 bridgehead atoms. The van der Waals surface area contributed by atoms with Gasteiger partial charge >= 0.3 is 0 Å². The molecule has 0 amide bonds. The molecule has 1 aromatic rings. The molecule has 0 aliphatic heterocycles. The molecule has 0 saturated carbocycles. The van der Waals surface area contributed by atoms with E-state index in [4.69, 9.17) is 0 Å². The maximum absolute atomic E-state index is 11.9. The predicted octanol–water partition coefficient (Wildman–Crippen LogP) is 2.97. The summed E-state index contributed by atoms with van der Waals surface area (Å²) in [5.74, 6) is -0.176. The normalized spacial score (nSPS) is 14.8. The molecule has 0 radical (unpaired) electrons. The fraction of sp³-hybridized carbons (Fsp3) is 0.500. The molecule has 0 aliphatic rings. The Kier molecular flexibility index (Phi) is 4.69. The van der Waals surface area contributed by atoms with Gasteiger partial charge in [0.25, 0.3) is 0 Å². The minimum Gasteiger partial charge on any atom is -0.388 e. The maximum Gasteiger partial charge on any atom is 0.141 e. The first kappa shape index (κ1) is 12.9. The lowest BCUT2D eigenvalue weighted by Gasteiger charge is -2.22. The SMILES string of the molecule is CC[C@H](C(=O)C(C)C)[C@@H](O)c1ccccc1. The molecular formula is C14H20O2. The quantitative estimate of drug-likeness (QED) is 0.828. The van der Waals surface area contributed by atoms with Gasteiger partial charge in [0.1, 0.15) is 5.78 Å². The number of benzene rings is 1. The number of aliphatic hydroxyl groups is 1. The van der Waals surface area contributed by atoms with Gasteiger partial charge in [-0.25, -0.2) is 0 Å². The van der Waals surface area contributed by atoms with Crippen LogP contribution < -0.4 is 0 Å². The third-order valence-electron chi connectivity index (χ3n) is 2.90. The molecule has 1 aromatic carbocycles. The molecule has 2 heteroatoms. The topological polar surface area (TPSA) is 37.3 Å². The maximum atomic E-state index is 11.9. The van der Waals surface area contributed by atoms with Crippen molar-refractivity contribution in [3.63, 3.8) is 0 Å². The van der Waals surface area contributed by atoms with E-state index in [-0.39, 0.29) is 17.6 Å². The van der Waals surface area contributed by atoms with E-state index in [1.54, 1.807) is 0 Å². The number of carbonyl (C=O) groups is 1. The second-order valence-corrected chi connectivity index (χ2v) is 4.43. The molecular weight excluding hydrogens is 200 g/mol. The molecule has 0 spiro atoms. The van der Waals surface area contributed by atoms with Crippen molar-refractivity contribution in [2.75, 3.05) is 0 Å². The molecule has 0 unspecified atom stereocenters. The monoisotopic (exact) mass is 220 g/mol. The van der Waals surface area contributed by atoms with Crippen molar-refractivity contribution in [3.05, 3.63) is 35.9 Å². The minimum atomic E-state index is -0.680. The Labute approximate surface area is 97.3 Å². The van der Waals surface area contributed by atoms with Crippen LogP contribution in [0.1, 0.15) is 38.9 Å². The summed E-state index contributed by atoms with van der Waals surface area (Å²) in [5, 5.41) is 10.2. The van der Waals surface area contributed by atoms with E-state index in [1.807, 2.05) is 51.1 Å².